The molecule has 8 heteroatoms. The number of aliphatic carboxylic acids is 1. The van der Waals surface area contributed by atoms with E-state index in [2.05, 4.69) is 5.32 Å². The lowest BCUT2D eigenvalue weighted by molar-refractivity contribution is -0.148. The van der Waals surface area contributed by atoms with Crippen LogP contribution in [0.4, 0.5) is 0 Å². The van der Waals surface area contributed by atoms with Gasteiger partial charge in [-0.1, -0.05) is 0 Å². The van der Waals surface area contributed by atoms with Gasteiger partial charge in [0.2, 0.25) is 5.91 Å². The zero-order valence-electron chi connectivity index (χ0n) is 9.67. The molecule has 1 rings (SSSR count). The number of nitrogens with two attached hydrogens (primary N) is 2. The number of rotatable bonds is 2. The average Bonchev–Trinajstić information content (AvgIpc) is 2.30. The first-order chi connectivity index (χ1) is 6.79. The minimum Gasteiger partial charge on any atom is -0.481 e. The van der Waals surface area contributed by atoms with Crippen LogP contribution in [0, 0.1) is 5.41 Å². The number of carbonyl (C=O) groups excluding carboxylic acids is 1. The highest BCUT2D eigenvalue weighted by atomic mass is 35.5. The number of carbonyl (C=O) groups is 2. The van der Waals surface area contributed by atoms with Gasteiger partial charge in [0, 0.05) is 19.0 Å². The molecule has 1 aliphatic rings. The number of carboxylic acids is 1. The molecule has 17 heavy (non-hydrogen) atoms. The molecule has 102 valence electrons. The Kier molecular flexibility index (Phi) is 7.07. The van der Waals surface area contributed by atoms with Crippen molar-refractivity contribution in [2.24, 2.45) is 16.9 Å². The Morgan fingerprint density at radius 3 is 2.12 bits per heavy atom. The molecule has 0 aromatic heterocycles. The summed E-state index contributed by atoms with van der Waals surface area (Å²) in [5.41, 5.74) is 10.5. The van der Waals surface area contributed by atoms with Crippen LogP contribution < -0.4 is 16.8 Å². The minimum absolute atomic E-state index is 0. The second-order valence-corrected chi connectivity index (χ2v) is 4.34. The molecule has 6 nitrogen and oxygen atoms in total. The first-order valence-electron chi connectivity index (χ1n) is 4.80. The fourth-order valence-electron chi connectivity index (χ4n) is 2.08. The molecule has 4 atom stereocenters. The number of hydrogen-bond acceptors (Lipinski definition) is 4. The van der Waals surface area contributed by atoms with Gasteiger partial charge < -0.3 is 21.9 Å². The topological polar surface area (TPSA) is 118 Å². The zero-order chi connectivity index (χ0) is 11.8. The van der Waals surface area contributed by atoms with Crippen LogP contribution >= 0.6 is 24.8 Å². The van der Waals surface area contributed by atoms with Crippen LogP contribution in [0.2, 0.25) is 0 Å². The summed E-state index contributed by atoms with van der Waals surface area (Å²) in [7, 11) is 0. The summed E-state index contributed by atoms with van der Waals surface area (Å²) in [6.07, 6.45) is 0.272. The number of carboxylic acid groups (broad SMARTS) is 1. The van der Waals surface area contributed by atoms with Gasteiger partial charge in [0.05, 0.1) is 11.5 Å². The number of amides is 1. The summed E-state index contributed by atoms with van der Waals surface area (Å²) in [5, 5.41) is 11.7. The highest BCUT2D eigenvalue weighted by molar-refractivity contribution is 5.85. The molecule has 0 bridgehead atoms. The normalized spacial score (nSPS) is 35.4. The third-order valence-electron chi connectivity index (χ3n) is 3.10. The highest BCUT2D eigenvalue weighted by Crippen LogP contribution is 2.36. The van der Waals surface area contributed by atoms with Crippen LogP contribution in [0.3, 0.4) is 0 Å². The predicted octanol–water partition coefficient (Wildman–Crippen LogP) is -0.516. The number of nitrogens with one attached hydrogen (secondary N) is 1. The number of hydrogen-bond donors (Lipinski definition) is 4. The maximum absolute atomic E-state index is 11.1. The fourth-order valence-corrected chi connectivity index (χ4v) is 2.08. The lowest BCUT2D eigenvalue weighted by atomic mass is 9.84. The molecule has 0 saturated heterocycles. The van der Waals surface area contributed by atoms with Crippen molar-refractivity contribution in [3.63, 3.8) is 0 Å². The van der Waals surface area contributed by atoms with Gasteiger partial charge in [-0.05, 0) is 13.3 Å². The van der Waals surface area contributed by atoms with E-state index in [1.807, 2.05) is 0 Å². The summed E-state index contributed by atoms with van der Waals surface area (Å²) < 4.78 is 0. The van der Waals surface area contributed by atoms with Crippen molar-refractivity contribution < 1.29 is 14.7 Å². The predicted molar refractivity (Wildman–Crippen MR) is 68.4 cm³/mol. The van der Waals surface area contributed by atoms with Crippen LogP contribution in [-0.2, 0) is 9.59 Å². The van der Waals surface area contributed by atoms with Gasteiger partial charge in [0.25, 0.3) is 0 Å². The van der Waals surface area contributed by atoms with Crippen molar-refractivity contribution >= 4 is 36.7 Å². The van der Waals surface area contributed by atoms with E-state index >= 15 is 0 Å². The van der Waals surface area contributed by atoms with Crippen molar-refractivity contribution in [3.8, 4) is 0 Å². The Bertz CT molecular complexity index is 303. The summed E-state index contributed by atoms with van der Waals surface area (Å²) in [6.45, 7) is 2.91. The molecule has 0 unspecified atom stereocenters. The van der Waals surface area contributed by atoms with Gasteiger partial charge in [-0.2, -0.15) is 0 Å². The number of halogens is 2. The summed E-state index contributed by atoms with van der Waals surface area (Å²) in [4.78, 5) is 22.0. The smallest absolute Gasteiger partial charge is 0.311 e. The maximum Gasteiger partial charge on any atom is 0.311 e. The Labute approximate surface area is 112 Å². The molecule has 0 aromatic carbocycles. The monoisotopic (exact) mass is 287 g/mol. The molecule has 0 heterocycles. The van der Waals surface area contributed by atoms with Crippen molar-refractivity contribution in [3.05, 3.63) is 0 Å². The van der Waals surface area contributed by atoms with Crippen LogP contribution in [0.15, 0.2) is 0 Å². The second-order valence-electron chi connectivity index (χ2n) is 4.34. The maximum atomic E-state index is 11.1. The van der Waals surface area contributed by atoms with E-state index in [-0.39, 0.29) is 37.1 Å². The second kappa shape index (κ2) is 6.39. The lowest BCUT2D eigenvalue weighted by Gasteiger charge is -2.26. The van der Waals surface area contributed by atoms with Crippen LogP contribution in [0.5, 0.6) is 0 Å². The fraction of sp³-hybridized carbons (Fsp3) is 0.778. The van der Waals surface area contributed by atoms with E-state index in [4.69, 9.17) is 16.6 Å². The van der Waals surface area contributed by atoms with Gasteiger partial charge in [-0.25, -0.2) is 0 Å². The van der Waals surface area contributed by atoms with Crippen LogP contribution in [-0.4, -0.2) is 35.1 Å². The van der Waals surface area contributed by atoms with Crippen LogP contribution in [0.1, 0.15) is 20.3 Å². The van der Waals surface area contributed by atoms with E-state index in [1.165, 1.54) is 6.92 Å². The Morgan fingerprint density at radius 2 is 1.82 bits per heavy atom. The lowest BCUT2D eigenvalue weighted by Crippen LogP contribution is -2.55. The van der Waals surface area contributed by atoms with Gasteiger partial charge in [-0.15, -0.1) is 24.8 Å². The Morgan fingerprint density at radius 1 is 1.35 bits per heavy atom. The van der Waals surface area contributed by atoms with Crippen molar-refractivity contribution in [1.82, 2.24) is 5.32 Å². The molecule has 6 N–H and O–H groups in total. The average molecular weight is 288 g/mol. The van der Waals surface area contributed by atoms with Gasteiger partial charge in [-0.3, -0.25) is 9.59 Å². The molecular weight excluding hydrogens is 269 g/mol. The molecule has 0 aromatic rings. The van der Waals surface area contributed by atoms with Crippen molar-refractivity contribution in [1.29, 1.82) is 0 Å². The summed E-state index contributed by atoms with van der Waals surface area (Å²) in [5.74, 6) is -1.22. The molecule has 0 radical (unpaired) electrons. The van der Waals surface area contributed by atoms with E-state index in [1.54, 1.807) is 6.92 Å². The highest BCUT2D eigenvalue weighted by Gasteiger charge is 2.52. The van der Waals surface area contributed by atoms with Gasteiger partial charge >= 0.3 is 5.97 Å². The Hall–Kier alpha value is -0.560. The van der Waals surface area contributed by atoms with Crippen LogP contribution in [0.25, 0.3) is 0 Å². The first kappa shape index (κ1) is 18.8. The largest absolute Gasteiger partial charge is 0.481 e. The van der Waals surface area contributed by atoms with Gasteiger partial charge in [0.15, 0.2) is 0 Å². The van der Waals surface area contributed by atoms with Crippen molar-refractivity contribution in [2.45, 2.75) is 38.4 Å². The van der Waals surface area contributed by atoms with E-state index in [0.29, 0.717) is 0 Å². The van der Waals surface area contributed by atoms with Gasteiger partial charge in [0.1, 0.15) is 0 Å². The molecule has 1 aliphatic carbocycles. The third-order valence-corrected chi connectivity index (χ3v) is 3.10. The van der Waals surface area contributed by atoms with E-state index < -0.39 is 29.5 Å². The minimum atomic E-state index is -1.06. The quantitative estimate of drug-likeness (QED) is 0.545. The van der Waals surface area contributed by atoms with E-state index in [9.17, 15) is 9.59 Å². The first-order valence-corrected chi connectivity index (χ1v) is 4.80. The summed E-state index contributed by atoms with van der Waals surface area (Å²) >= 11 is 0. The SMILES string of the molecule is CC(=O)N[C@H]1[C@H](N)C[C@](C)(C(=O)O)[C@@H]1N.Cl.Cl. The molecule has 0 spiro atoms. The molecule has 0 aliphatic heterocycles. The molecular formula is C9H19Cl2N3O3. The zero-order valence-corrected chi connectivity index (χ0v) is 11.3. The van der Waals surface area contributed by atoms with E-state index in [0.717, 1.165) is 0 Å². The molecule has 1 saturated carbocycles. The standard InChI is InChI=1S/C9H17N3O3.2ClH/c1-4(13)12-6-5(10)3-9(2,7(6)11)8(14)15;;/h5-7H,3,10-11H2,1-2H3,(H,12,13)(H,14,15);2*1H/t5-,6+,7-,9+;;/m1../s1. The summed E-state index contributed by atoms with van der Waals surface area (Å²) in [6, 6.07) is -1.54. The molecule has 1 fully saturated rings. The molecule has 1 amide bonds. The third kappa shape index (κ3) is 3.45. The van der Waals surface area contributed by atoms with Crippen molar-refractivity contribution in [2.75, 3.05) is 0 Å². The Balaban J connectivity index is 0.